The number of nitrogens with two attached hydrogens (primary N) is 1. The van der Waals surface area contributed by atoms with E-state index in [-0.39, 0.29) is 0 Å². The Kier molecular flexibility index (Phi) is 3.85. The summed E-state index contributed by atoms with van der Waals surface area (Å²) >= 11 is 0. The Balaban J connectivity index is 1.89. The molecule has 3 heteroatoms. The smallest absolute Gasteiger partial charge is 0.135 e. The summed E-state index contributed by atoms with van der Waals surface area (Å²) in [7, 11) is 0. The number of nitrogens with zero attached hydrogens (tertiary/aromatic N) is 1. The first-order valence-corrected chi connectivity index (χ1v) is 7.82. The maximum Gasteiger partial charge on any atom is 0.135 e. The first kappa shape index (κ1) is 14.3. The molecule has 0 radical (unpaired) electrons. The highest BCUT2D eigenvalue weighted by Crippen LogP contribution is 2.38. The number of ether oxygens (including phenoxy) is 1. The van der Waals surface area contributed by atoms with Crippen LogP contribution in [0.2, 0.25) is 0 Å². The largest absolute Gasteiger partial charge is 0.489 e. The van der Waals surface area contributed by atoms with Gasteiger partial charge in [-0.1, -0.05) is 26.0 Å². The number of rotatable bonds is 3. The van der Waals surface area contributed by atoms with Crippen LogP contribution in [0.1, 0.15) is 45.1 Å². The summed E-state index contributed by atoms with van der Waals surface area (Å²) in [5, 5.41) is 1.07. The lowest BCUT2D eigenvalue weighted by Crippen LogP contribution is -2.28. The van der Waals surface area contributed by atoms with Crippen molar-refractivity contribution in [2.75, 3.05) is 0 Å². The van der Waals surface area contributed by atoms with E-state index < -0.39 is 0 Å². The van der Waals surface area contributed by atoms with Crippen molar-refractivity contribution in [1.82, 2.24) is 4.98 Å². The van der Waals surface area contributed by atoms with Crippen molar-refractivity contribution in [2.45, 2.75) is 52.2 Å². The third kappa shape index (κ3) is 3.03. The fourth-order valence-electron chi connectivity index (χ4n) is 3.10. The molecule has 1 aliphatic rings. The Bertz CT molecular complexity index is 626. The second-order valence-corrected chi connectivity index (χ2v) is 6.82. The predicted molar refractivity (Wildman–Crippen MR) is 86.3 cm³/mol. The Hall–Kier alpha value is -1.61. The van der Waals surface area contributed by atoms with Crippen molar-refractivity contribution >= 4 is 10.9 Å². The van der Waals surface area contributed by atoms with Gasteiger partial charge in [0, 0.05) is 23.7 Å². The molecule has 0 atom stereocenters. The third-order valence-electron chi connectivity index (χ3n) is 4.59. The van der Waals surface area contributed by atoms with Crippen LogP contribution in [0.5, 0.6) is 5.75 Å². The fraction of sp³-hybridized carbons (Fsp3) is 0.500. The van der Waals surface area contributed by atoms with Crippen LogP contribution in [-0.4, -0.2) is 11.1 Å². The first-order valence-electron chi connectivity index (χ1n) is 7.82. The van der Waals surface area contributed by atoms with Gasteiger partial charge in [0.2, 0.25) is 0 Å². The number of hydrogen-bond donors (Lipinski definition) is 1. The standard InChI is InChI=1S/C18H24N2O/c1-18(2)9-7-14(8-10-18)21-17-13(11-19)12-20-16-6-4-3-5-15(16)17/h3-6,12,14H,7-11,19H2,1-2H3. The Labute approximate surface area is 126 Å². The molecule has 0 unspecified atom stereocenters. The van der Waals surface area contributed by atoms with Gasteiger partial charge in [0.1, 0.15) is 5.75 Å². The minimum Gasteiger partial charge on any atom is -0.489 e. The quantitative estimate of drug-likeness (QED) is 0.925. The first-order chi connectivity index (χ1) is 10.1. The molecular formula is C18H24N2O. The molecule has 0 amide bonds. The molecular weight excluding hydrogens is 260 g/mol. The SMILES string of the molecule is CC1(C)CCC(Oc2c(CN)cnc3ccccc23)CC1. The number of aromatic nitrogens is 1. The van der Waals surface area contributed by atoms with Gasteiger partial charge in [0.25, 0.3) is 0 Å². The van der Waals surface area contributed by atoms with Gasteiger partial charge in [-0.3, -0.25) is 4.98 Å². The molecule has 0 aliphatic heterocycles. The van der Waals surface area contributed by atoms with E-state index in [4.69, 9.17) is 10.5 Å². The highest BCUT2D eigenvalue weighted by Gasteiger charge is 2.28. The summed E-state index contributed by atoms with van der Waals surface area (Å²) in [5.74, 6) is 0.938. The van der Waals surface area contributed by atoms with Crippen molar-refractivity contribution in [2.24, 2.45) is 11.1 Å². The van der Waals surface area contributed by atoms with Gasteiger partial charge in [0.05, 0.1) is 11.6 Å². The molecule has 0 spiro atoms. The van der Waals surface area contributed by atoms with Gasteiger partial charge in [0.15, 0.2) is 0 Å². The molecule has 0 saturated heterocycles. The van der Waals surface area contributed by atoms with Crippen LogP contribution in [0, 0.1) is 5.41 Å². The summed E-state index contributed by atoms with van der Waals surface area (Å²) in [6.45, 7) is 5.15. The number of para-hydroxylation sites is 1. The van der Waals surface area contributed by atoms with E-state index >= 15 is 0 Å². The van der Waals surface area contributed by atoms with Gasteiger partial charge in [-0.05, 0) is 43.2 Å². The van der Waals surface area contributed by atoms with Crippen LogP contribution in [-0.2, 0) is 6.54 Å². The Morgan fingerprint density at radius 3 is 2.67 bits per heavy atom. The van der Waals surface area contributed by atoms with Crippen molar-refractivity contribution in [3.05, 3.63) is 36.0 Å². The lowest BCUT2D eigenvalue weighted by molar-refractivity contribution is 0.0992. The van der Waals surface area contributed by atoms with E-state index in [1.54, 1.807) is 0 Å². The minimum absolute atomic E-state index is 0.300. The van der Waals surface area contributed by atoms with Gasteiger partial charge in [-0.15, -0.1) is 0 Å². The van der Waals surface area contributed by atoms with Crippen molar-refractivity contribution in [3.63, 3.8) is 0 Å². The van der Waals surface area contributed by atoms with E-state index in [9.17, 15) is 0 Å². The zero-order valence-corrected chi connectivity index (χ0v) is 12.9. The molecule has 112 valence electrons. The third-order valence-corrected chi connectivity index (χ3v) is 4.59. The topological polar surface area (TPSA) is 48.1 Å². The molecule has 1 saturated carbocycles. The summed E-state index contributed by atoms with van der Waals surface area (Å²) < 4.78 is 6.36. The number of hydrogen-bond acceptors (Lipinski definition) is 3. The molecule has 3 rings (SSSR count). The molecule has 2 N–H and O–H groups in total. The summed E-state index contributed by atoms with van der Waals surface area (Å²) in [6, 6.07) is 8.13. The lowest BCUT2D eigenvalue weighted by Gasteiger charge is -2.34. The zero-order chi connectivity index (χ0) is 14.9. The van der Waals surface area contributed by atoms with Crippen molar-refractivity contribution in [3.8, 4) is 5.75 Å². The molecule has 1 heterocycles. The highest BCUT2D eigenvalue weighted by atomic mass is 16.5. The lowest BCUT2D eigenvalue weighted by atomic mass is 9.76. The van der Waals surface area contributed by atoms with Crippen LogP contribution in [0.3, 0.4) is 0 Å². The van der Waals surface area contributed by atoms with Crippen molar-refractivity contribution < 1.29 is 4.74 Å². The molecule has 3 nitrogen and oxygen atoms in total. The van der Waals surface area contributed by atoms with Crippen LogP contribution in [0.4, 0.5) is 0 Å². The number of pyridine rings is 1. The zero-order valence-electron chi connectivity index (χ0n) is 12.9. The van der Waals surface area contributed by atoms with E-state index in [1.807, 2.05) is 24.4 Å². The molecule has 1 fully saturated rings. The molecule has 1 aromatic heterocycles. The predicted octanol–water partition coefficient (Wildman–Crippen LogP) is 4.04. The average molecular weight is 284 g/mol. The van der Waals surface area contributed by atoms with E-state index in [0.29, 0.717) is 18.1 Å². The summed E-state index contributed by atoms with van der Waals surface area (Å²) in [5.41, 5.74) is 8.30. The molecule has 1 aliphatic carbocycles. The molecule has 21 heavy (non-hydrogen) atoms. The average Bonchev–Trinajstić information content (AvgIpc) is 2.49. The van der Waals surface area contributed by atoms with E-state index in [0.717, 1.165) is 35.1 Å². The van der Waals surface area contributed by atoms with Gasteiger partial charge in [-0.25, -0.2) is 0 Å². The normalized spacial score (nSPS) is 18.8. The maximum atomic E-state index is 6.36. The van der Waals surface area contributed by atoms with Crippen LogP contribution >= 0.6 is 0 Å². The molecule has 2 aromatic rings. The van der Waals surface area contributed by atoms with E-state index in [2.05, 4.69) is 24.9 Å². The van der Waals surface area contributed by atoms with E-state index in [1.165, 1.54) is 12.8 Å². The second kappa shape index (κ2) is 5.64. The van der Waals surface area contributed by atoms with Gasteiger partial charge >= 0.3 is 0 Å². The number of fused-ring (bicyclic) bond motifs is 1. The Morgan fingerprint density at radius 2 is 1.95 bits per heavy atom. The fourth-order valence-corrected chi connectivity index (χ4v) is 3.10. The van der Waals surface area contributed by atoms with Crippen LogP contribution in [0.15, 0.2) is 30.5 Å². The monoisotopic (exact) mass is 284 g/mol. The summed E-state index contributed by atoms with van der Waals surface area (Å²) in [6.07, 6.45) is 6.83. The Morgan fingerprint density at radius 1 is 1.24 bits per heavy atom. The number of benzene rings is 1. The molecule has 1 aromatic carbocycles. The van der Waals surface area contributed by atoms with Crippen molar-refractivity contribution in [1.29, 1.82) is 0 Å². The molecule has 0 bridgehead atoms. The maximum absolute atomic E-state index is 6.36. The second-order valence-electron chi connectivity index (χ2n) is 6.82. The van der Waals surface area contributed by atoms with Gasteiger partial charge < -0.3 is 10.5 Å². The van der Waals surface area contributed by atoms with Crippen LogP contribution < -0.4 is 10.5 Å². The highest BCUT2D eigenvalue weighted by molar-refractivity contribution is 5.86. The summed E-state index contributed by atoms with van der Waals surface area (Å²) in [4.78, 5) is 4.47. The van der Waals surface area contributed by atoms with Crippen LogP contribution in [0.25, 0.3) is 10.9 Å². The minimum atomic E-state index is 0.300. The van der Waals surface area contributed by atoms with Gasteiger partial charge in [-0.2, -0.15) is 0 Å².